The van der Waals surface area contributed by atoms with Crippen molar-refractivity contribution in [2.45, 2.75) is 40.2 Å². The molecule has 1 atom stereocenters. The normalized spacial score (nSPS) is 12.2. The van der Waals surface area contributed by atoms with Gasteiger partial charge in [-0.1, -0.05) is 11.2 Å². The zero-order valence-electron chi connectivity index (χ0n) is 12.6. The van der Waals surface area contributed by atoms with Crippen molar-refractivity contribution in [2.24, 2.45) is 0 Å². The van der Waals surface area contributed by atoms with Gasteiger partial charge >= 0.3 is 0 Å². The molecule has 2 rings (SSSR count). The molecule has 0 saturated carbocycles. The molecule has 0 fully saturated rings. The van der Waals surface area contributed by atoms with Gasteiger partial charge in [0.2, 0.25) is 0 Å². The predicted octanol–water partition coefficient (Wildman–Crippen LogP) is 2.35. The lowest BCUT2D eigenvalue weighted by atomic mass is 9.99. The van der Waals surface area contributed by atoms with Gasteiger partial charge in [0, 0.05) is 11.3 Å². The third-order valence-electron chi connectivity index (χ3n) is 3.25. The molecule has 0 saturated heterocycles. The molecular weight excluding hydrogens is 270 g/mol. The average Bonchev–Trinajstić information content (AvgIpc) is 2.77. The van der Waals surface area contributed by atoms with Crippen molar-refractivity contribution in [1.82, 2.24) is 15.6 Å². The lowest BCUT2D eigenvalue weighted by molar-refractivity contribution is -0.135. The van der Waals surface area contributed by atoms with Gasteiger partial charge in [0.25, 0.3) is 5.91 Å². The first-order valence-electron chi connectivity index (χ1n) is 6.76. The monoisotopic (exact) mass is 289 g/mol. The van der Waals surface area contributed by atoms with Gasteiger partial charge in [0.1, 0.15) is 12.4 Å². The van der Waals surface area contributed by atoms with Crippen LogP contribution in [0.5, 0.6) is 0 Å². The molecule has 112 valence electrons. The van der Waals surface area contributed by atoms with E-state index in [4.69, 9.17) is 9.36 Å². The fourth-order valence-corrected chi connectivity index (χ4v) is 2.19. The summed E-state index contributed by atoms with van der Waals surface area (Å²) in [5.41, 5.74) is 5.63. The van der Waals surface area contributed by atoms with E-state index in [1.54, 1.807) is 13.8 Å². The highest BCUT2D eigenvalue weighted by Gasteiger charge is 2.22. The number of aryl methyl sites for hydroxylation is 3. The van der Waals surface area contributed by atoms with E-state index in [-0.39, 0.29) is 18.4 Å². The van der Waals surface area contributed by atoms with Gasteiger partial charge in [-0.3, -0.25) is 14.6 Å². The summed E-state index contributed by atoms with van der Waals surface area (Å²) < 4.78 is 5.07. The molecular formula is C15H19N3O3. The van der Waals surface area contributed by atoms with Crippen LogP contribution in [-0.2, 0) is 16.2 Å². The number of amides is 1. The third-order valence-corrected chi connectivity index (χ3v) is 3.25. The fourth-order valence-electron chi connectivity index (χ4n) is 2.19. The highest BCUT2D eigenvalue weighted by molar-refractivity contribution is 5.82. The molecule has 0 bridgehead atoms. The number of carbonyl (C=O) groups excluding carboxylic acids is 1. The summed E-state index contributed by atoms with van der Waals surface area (Å²) in [6, 6.07) is 5.65. The number of pyridine rings is 1. The minimum Gasteiger partial charge on any atom is -0.361 e. The summed E-state index contributed by atoms with van der Waals surface area (Å²) in [5, 5.41) is 3.85. The smallest absolute Gasteiger partial charge is 0.251 e. The summed E-state index contributed by atoms with van der Waals surface area (Å²) in [6.45, 7) is 7.52. The van der Waals surface area contributed by atoms with Crippen molar-refractivity contribution >= 4 is 5.91 Å². The lowest BCUT2D eigenvalue weighted by Crippen LogP contribution is -2.28. The van der Waals surface area contributed by atoms with E-state index >= 15 is 0 Å². The maximum absolute atomic E-state index is 12.1. The largest absolute Gasteiger partial charge is 0.361 e. The molecule has 6 nitrogen and oxygen atoms in total. The molecule has 1 N–H and O–H groups in total. The molecule has 0 aliphatic carbocycles. The van der Waals surface area contributed by atoms with Crippen LogP contribution in [0.1, 0.15) is 41.2 Å². The quantitative estimate of drug-likeness (QED) is 0.855. The molecule has 0 radical (unpaired) electrons. The summed E-state index contributed by atoms with van der Waals surface area (Å²) >= 11 is 0. The molecule has 21 heavy (non-hydrogen) atoms. The van der Waals surface area contributed by atoms with Gasteiger partial charge in [-0.25, -0.2) is 5.48 Å². The highest BCUT2D eigenvalue weighted by atomic mass is 16.7. The van der Waals surface area contributed by atoms with Crippen molar-refractivity contribution < 1.29 is 14.2 Å². The van der Waals surface area contributed by atoms with Crippen molar-refractivity contribution in [3.8, 4) is 0 Å². The zero-order chi connectivity index (χ0) is 15.4. The number of nitrogens with zero attached hydrogens (tertiary/aromatic N) is 2. The third kappa shape index (κ3) is 3.66. The van der Waals surface area contributed by atoms with Crippen molar-refractivity contribution in [3.63, 3.8) is 0 Å². The van der Waals surface area contributed by atoms with Crippen LogP contribution in [0.4, 0.5) is 0 Å². The number of hydroxylamine groups is 1. The minimum absolute atomic E-state index is 0.224. The van der Waals surface area contributed by atoms with Crippen LogP contribution >= 0.6 is 0 Å². The Morgan fingerprint density at radius 2 is 2.14 bits per heavy atom. The minimum atomic E-state index is -0.387. The Balaban J connectivity index is 1.90. The predicted molar refractivity (Wildman–Crippen MR) is 76.3 cm³/mol. The van der Waals surface area contributed by atoms with Crippen LogP contribution in [0.3, 0.4) is 0 Å². The Morgan fingerprint density at radius 1 is 1.38 bits per heavy atom. The van der Waals surface area contributed by atoms with E-state index < -0.39 is 0 Å². The first kappa shape index (κ1) is 15.2. The zero-order valence-corrected chi connectivity index (χ0v) is 12.6. The van der Waals surface area contributed by atoms with Gasteiger partial charge in [0.15, 0.2) is 0 Å². The summed E-state index contributed by atoms with van der Waals surface area (Å²) in [4.78, 5) is 21.6. The standard InChI is InChI=1S/C15H19N3O3/c1-9-6-5-7-13(16-9)8-20-18-15(19)10(2)14-11(3)17-21-12(14)4/h5-7,10H,8H2,1-4H3,(H,18,19). The van der Waals surface area contributed by atoms with Crippen molar-refractivity contribution in [3.05, 3.63) is 46.6 Å². The van der Waals surface area contributed by atoms with Gasteiger partial charge in [-0.05, 0) is 39.8 Å². The van der Waals surface area contributed by atoms with E-state index in [2.05, 4.69) is 15.6 Å². The Morgan fingerprint density at radius 3 is 2.76 bits per heavy atom. The molecule has 0 spiro atoms. The van der Waals surface area contributed by atoms with Crippen LogP contribution in [0.2, 0.25) is 0 Å². The van der Waals surface area contributed by atoms with Gasteiger partial charge in [-0.2, -0.15) is 0 Å². The molecule has 0 aliphatic heterocycles. The number of rotatable bonds is 5. The Hall–Kier alpha value is -2.21. The Bertz CT molecular complexity index is 617. The molecule has 0 aromatic carbocycles. The molecule has 1 amide bonds. The van der Waals surface area contributed by atoms with E-state index in [9.17, 15) is 4.79 Å². The molecule has 1 unspecified atom stereocenters. The summed E-state index contributed by atoms with van der Waals surface area (Å²) in [5.74, 6) is 0.0225. The lowest BCUT2D eigenvalue weighted by Gasteiger charge is -2.11. The topological polar surface area (TPSA) is 77.2 Å². The van der Waals surface area contributed by atoms with Crippen LogP contribution in [0, 0.1) is 20.8 Å². The Kier molecular flexibility index (Phi) is 4.70. The second-order valence-electron chi connectivity index (χ2n) is 4.98. The van der Waals surface area contributed by atoms with Crippen LogP contribution < -0.4 is 5.48 Å². The molecule has 2 aromatic rings. The van der Waals surface area contributed by atoms with Crippen molar-refractivity contribution in [1.29, 1.82) is 0 Å². The number of carbonyl (C=O) groups is 1. The molecule has 2 heterocycles. The number of aromatic nitrogens is 2. The number of nitrogens with one attached hydrogen (secondary N) is 1. The van der Waals surface area contributed by atoms with E-state index in [1.165, 1.54) is 0 Å². The molecule has 6 heteroatoms. The fraction of sp³-hybridized carbons (Fsp3) is 0.400. The molecule has 2 aromatic heterocycles. The maximum atomic E-state index is 12.1. The maximum Gasteiger partial charge on any atom is 0.251 e. The van der Waals surface area contributed by atoms with Gasteiger partial charge < -0.3 is 4.52 Å². The van der Waals surface area contributed by atoms with E-state index in [0.29, 0.717) is 5.76 Å². The van der Waals surface area contributed by atoms with Crippen molar-refractivity contribution in [2.75, 3.05) is 0 Å². The molecule has 0 aliphatic rings. The van der Waals surface area contributed by atoms with Gasteiger partial charge in [-0.15, -0.1) is 0 Å². The van der Waals surface area contributed by atoms with Crippen LogP contribution in [-0.4, -0.2) is 16.0 Å². The first-order chi connectivity index (χ1) is 9.99. The number of hydrogen-bond acceptors (Lipinski definition) is 5. The number of hydrogen-bond donors (Lipinski definition) is 1. The van der Waals surface area contributed by atoms with Crippen LogP contribution in [0.25, 0.3) is 0 Å². The first-order valence-corrected chi connectivity index (χ1v) is 6.76. The second kappa shape index (κ2) is 6.49. The summed E-state index contributed by atoms with van der Waals surface area (Å²) in [6.07, 6.45) is 0. The van der Waals surface area contributed by atoms with E-state index in [0.717, 1.165) is 22.6 Å². The van der Waals surface area contributed by atoms with Crippen LogP contribution in [0.15, 0.2) is 22.7 Å². The SMILES string of the molecule is Cc1cccc(CONC(=O)C(C)c2c(C)noc2C)n1. The van der Waals surface area contributed by atoms with Gasteiger partial charge in [0.05, 0.1) is 17.3 Å². The Labute approximate surface area is 123 Å². The van der Waals surface area contributed by atoms with E-state index in [1.807, 2.05) is 32.0 Å². The second-order valence-corrected chi connectivity index (χ2v) is 4.98. The highest BCUT2D eigenvalue weighted by Crippen LogP contribution is 2.23. The summed E-state index contributed by atoms with van der Waals surface area (Å²) in [7, 11) is 0. The average molecular weight is 289 g/mol.